The van der Waals surface area contributed by atoms with Gasteiger partial charge in [0.15, 0.2) is 5.15 Å². The van der Waals surface area contributed by atoms with Gasteiger partial charge in [0.05, 0.1) is 5.69 Å². The molecule has 0 saturated heterocycles. The highest BCUT2D eigenvalue weighted by Crippen LogP contribution is 2.33. The van der Waals surface area contributed by atoms with Crippen LogP contribution in [0.1, 0.15) is 24.8 Å². The minimum atomic E-state index is -0.0984. The summed E-state index contributed by atoms with van der Waals surface area (Å²) in [5.74, 6) is 0.422. The molecule has 1 heterocycles. The van der Waals surface area contributed by atoms with Gasteiger partial charge in [-0.2, -0.15) is 0 Å². The van der Waals surface area contributed by atoms with E-state index in [2.05, 4.69) is 10.3 Å². The predicted octanol–water partition coefficient (Wildman–Crippen LogP) is 2.11. The van der Waals surface area contributed by atoms with Crippen LogP contribution in [0.2, 0.25) is 5.15 Å². The molecule has 3 N–H and O–H groups in total. The molecule has 17 heavy (non-hydrogen) atoms. The number of hydrogen-bond donors (Lipinski definition) is 2. The number of nitrogens with zero attached hydrogens (tertiary/aromatic N) is 1. The number of aryl methyl sites for hydroxylation is 1. The molecule has 0 radical (unpaired) electrons. The maximum absolute atomic E-state index is 11.7. The zero-order chi connectivity index (χ0) is 12.4. The molecule has 92 valence electrons. The van der Waals surface area contributed by atoms with Crippen molar-refractivity contribution in [2.24, 2.45) is 11.7 Å². The van der Waals surface area contributed by atoms with Gasteiger partial charge in [-0.25, -0.2) is 4.98 Å². The molecule has 0 spiro atoms. The topological polar surface area (TPSA) is 68.0 Å². The average molecular weight is 254 g/mol. The van der Waals surface area contributed by atoms with E-state index in [1.807, 2.05) is 6.92 Å². The van der Waals surface area contributed by atoms with Gasteiger partial charge in [-0.05, 0) is 37.3 Å². The molecule has 5 heteroatoms. The molecule has 1 aromatic rings. The lowest BCUT2D eigenvalue weighted by Crippen LogP contribution is -2.29. The lowest BCUT2D eigenvalue weighted by Gasteiger charge is -2.11. The average Bonchev–Trinajstić information content (AvgIpc) is 3.06. The molecule has 0 aliphatic heterocycles. The second kappa shape index (κ2) is 5.02. The van der Waals surface area contributed by atoms with Crippen LogP contribution >= 0.6 is 11.6 Å². The molecule has 1 fully saturated rings. The minimum absolute atomic E-state index is 0.0356. The summed E-state index contributed by atoms with van der Waals surface area (Å²) in [7, 11) is 0. The van der Waals surface area contributed by atoms with Gasteiger partial charge in [-0.3, -0.25) is 4.79 Å². The van der Waals surface area contributed by atoms with E-state index < -0.39 is 0 Å². The van der Waals surface area contributed by atoms with Crippen LogP contribution < -0.4 is 11.1 Å². The predicted molar refractivity (Wildman–Crippen MR) is 67.9 cm³/mol. The van der Waals surface area contributed by atoms with Crippen LogP contribution in [0.5, 0.6) is 0 Å². The summed E-state index contributed by atoms with van der Waals surface area (Å²) >= 11 is 5.89. The Labute approximate surface area is 106 Å². The third-order valence-corrected chi connectivity index (χ3v) is 3.20. The summed E-state index contributed by atoms with van der Waals surface area (Å²) in [5.41, 5.74) is 7.40. The molecular weight excluding hydrogens is 238 g/mol. The molecule has 1 aliphatic rings. The van der Waals surface area contributed by atoms with Crippen molar-refractivity contribution in [3.8, 4) is 0 Å². The van der Waals surface area contributed by atoms with Crippen molar-refractivity contribution in [2.75, 3.05) is 5.32 Å². The van der Waals surface area contributed by atoms with Gasteiger partial charge in [-0.15, -0.1) is 0 Å². The quantitative estimate of drug-likeness (QED) is 0.808. The number of halogens is 1. The summed E-state index contributed by atoms with van der Waals surface area (Å²) in [6.45, 7) is 1.90. The van der Waals surface area contributed by atoms with Crippen LogP contribution in [-0.4, -0.2) is 16.9 Å². The maximum Gasteiger partial charge on any atom is 0.226 e. The standard InChI is InChI=1S/C12H16ClN3O/c1-7-4-10(12(13)15-6-7)16-11(17)5-9(14)8-2-3-8/h4,6,8-9H,2-3,5,14H2,1H3,(H,16,17). The smallest absolute Gasteiger partial charge is 0.226 e. The van der Waals surface area contributed by atoms with Crippen LogP contribution in [-0.2, 0) is 4.79 Å². The molecule has 2 rings (SSSR count). The van der Waals surface area contributed by atoms with Crippen molar-refractivity contribution in [3.05, 3.63) is 23.0 Å². The van der Waals surface area contributed by atoms with E-state index in [0.717, 1.165) is 18.4 Å². The van der Waals surface area contributed by atoms with Gasteiger partial charge in [0.25, 0.3) is 0 Å². The SMILES string of the molecule is Cc1cnc(Cl)c(NC(=O)CC(N)C2CC2)c1. The number of hydrogen-bond acceptors (Lipinski definition) is 3. The van der Waals surface area contributed by atoms with Crippen molar-refractivity contribution < 1.29 is 4.79 Å². The number of amides is 1. The van der Waals surface area contributed by atoms with E-state index >= 15 is 0 Å². The van der Waals surface area contributed by atoms with Crippen LogP contribution in [0.25, 0.3) is 0 Å². The molecule has 1 aliphatic carbocycles. The van der Waals surface area contributed by atoms with E-state index in [9.17, 15) is 4.79 Å². The summed E-state index contributed by atoms with van der Waals surface area (Å²) in [6.07, 6.45) is 4.28. The Morgan fingerprint density at radius 3 is 3.06 bits per heavy atom. The highest BCUT2D eigenvalue weighted by Gasteiger charge is 2.29. The number of nitrogens with one attached hydrogen (secondary N) is 1. The first-order chi connectivity index (χ1) is 8.06. The Hall–Kier alpha value is -1.13. The fraction of sp³-hybridized carbons (Fsp3) is 0.500. The largest absolute Gasteiger partial charge is 0.327 e. The van der Waals surface area contributed by atoms with Crippen molar-refractivity contribution in [1.29, 1.82) is 0 Å². The number of carbonyl (C=O) groups is 1. The monoisotopic (exact) mass is 253 g/mol. The number of pyridine rings is 1. The van der Waals surface area contributed by atoms with Crippen LogP contribution in [0.3, 0.4) is 0 Å². The summed E-state index contributed by atoms with van der Waals surface area (Å²) in [4.78, 5) is 15.7. The summed E-state index contributed by atoms with van der Waals surface area (Å²) in [5, 5.41) is 3.06. The molecule has 4 nitrogen and oxygen atoms in total. The van der Waals surface area contributed by atoms with E-state index in [-0.39, 0.29) is 11.9 Å². The Morgan fingerprint density at radius 1 is 1.71 bits per heavy atom. The molecular formula is C12H16ClN3O. The zero-order valence-electron chi connectivity index (χ0n) is 9.74. The maximum atomic E-state index is 11.7. The number of carbonyl (C=O) groups excluding carboxylic acids is 1. The minimum Gasteiger partial charge on any atom is -0.327 e. The fourth-order valence-corrected chi connectivity index (χ4v) is 1.90. The van der Waals surface area contributed by atoms with Crippen LogP contribution in [0, 0.1) is 12.8 Å². The lowest BCUT2D eigenvalue weighted by atomic mass is 10.1. The van der Waals surface area contributed by atoms with Gasteiger partial charge in [0.2, 0.25) is 5.91 Å². The van der Waals surface area contributed by atoms with Crippen LogP contribution in [0.15, 0.2) is 12.3 Å². The van der Waals surface area contributed by atoms with E-state index in [1.165, 1.54) is 0 Å². The zero-order valence-corrected chi connectivity index (χ0v) is 10.5. The van der Waals surface area contributed by atoms with Gasteiger partial charge >= 0.3 is 0 Å². The van der Waals surface area contributed by atoms with Gasteiger partial charge in [0, 0.05) is 18.7 Å². The van der Waals surface area contributed by atoms with Gasteiger partial charge in [-0.1, -0.05) is 11.6 Å². The number of aromatic nitrogens is 1. The third kappa shape index (κ3) is 3.41. The molecule has 1 atom stereocenters. The van der Waals surface area contributed by atoms with Crippen molar-refractivity contribution in [3.63, 3.8) is 0 Å². The molecule has 0 bridgehead atoms. The fourth-order valence-electron chi connectivity index (χ4n) is 1.75. The highest BCUT2D eigenvalue weighted by atomic mass is 35.5. The van der Waals surface area contributed by atoms with Gasteiger partial charge in [0.1, 0.15) is 0 Å². The number of nitrogens with two attached hydrogens (primary N) is 1. The first kappa shape index (κ1) is 12.3. The first-order valence-corrected chi connectivity index (χ1v) is 6.11. The van der Waals surface area contributed by atoms with E-state index in [1.54, 1.807) is 12.3 Å². The lowest BCUT2D eigenvalue weighted by molar-refractivity contribution is -0.116. The van der Waals surface area contributed by atoms with Crippen molar-refractivity contribution >= 4 is 23.2 Å². The van der Waals surface area contributed by atoms with Crippen LogP contribution in [0.4, 0.5) is 5.69 Å². The van der Waals surface area contributed by atoms with E-state index in [0.29, 0.717) is 23.2 Å². The normalized spacial score (nSPS) is 16.6. The molecule has 1 amide bonds. The Morgan fingerprint density at radius 2 is 2.41 bits per heavy atom. The molecule has 1 saturated carbocycles. The van der Waals surface area contributed by atoms with Crippen molar-refractivity contribution in [2.45, 2.75) is 32.2 Å². The highest BCUT2D eigenvalue weighted by molar-refractivity contribution is 6.32. The Kier molecular flexibility index (Phi) is 3.64. The second-order valence-corrected chi connectivity index (χ2v) is 4.96. The summed E-state index contributed by atoms with van der Waals surface area (Å²) in [6, 6.07) is 1.77. The Balaban J connectivity index is 1.94. The van der Waals surface area contributed by atoms with Gasteiger partial charge < -0.3 is 11.1 Å². The molecule has 0 aromatic carbocycles. The Bertz CT molecular complexity index is 432. The van der Waals surface area contributed by atoms with Crippen molar-refractivity contribution in [1.82, 2.24) is 4.98 Å². The summed E-state index contributed by atoms with van der Waals surface area (Å²) < 4.78 is 0. The molecule has 1 aromatic heterocycles. The molecule has 1 unspecified atom stereocenters. The first-order valence-electron chi connectivity index (χ1n) is 5.74. The number of anilines is 1. The third-order valence-electron chi connectivity index (χ3n) is 2.90. The second-order valence-electron chi connectivity index (χ2n) is 4.60. The number of rotatable bonds is 4. The van der Waals surface area contributed by atoms with E-state index in [4.69, 9.17) is 17.3 Å².